The van der Waals surface area contributed by atoms with Crippen LogP contribution < -0.4 is 4.74 Å². The van der Waals surface area contributed by atoms with Crippen LogP contribution in [0.15, 0.2) is 147 Å². The molecule has 666 valence electrons. The Bertz CT molecular complexity index is 4830. The van der Waals surface area contributed by atoms with Gasteiger partial charge in [-0.25, -0.2) is 0 Å². The van der Waals surface area contributed by atoms with Crippen molar-refractivity contribution in [2.24, 2.45) is 21.7 Å². The number of hydrogen-bond acceptors (Lipinski definition) is 13. The first kappa shape index (κ1) is 101. The Balaban J connectivity index is 0.000000350. The Morgan fingerprint density at radius 3 is 0.900 bits per heavy atom. The first-order valence-corrected chi connectivity index (χ1v) is 51.2. The van der Waals surface area contributed by atoms with E-state index in [2.05, 4.69) is 64.1 Å². The van der Waals surface area contributed by atoms with Gasteiger partial charge in [0.15, 0.2) is 0 Å². The van der Waals surface area contributed by atoms with Gasteiger partial charge in [0, 0.05) is 34.1 Å². The van der Waals surface area contributed by atoms with Gasteiger partial charge in [0.1, 0.15) is 25.3 Å². The molecule has 7 aromatic carbocycles. The Labute approximate surface area is 729 Å². The molecule has 0 aliphatic heterocycles. The summed E-state index contributed by atoms with van der Waals surface area (Å²) in [7, 11) is -17.2. The molecule has 0 aromatic heterocycles. The maximum Gasteiger partial charge on any atom is 0.297 e. The van der Waals surface area contributed by atoms with E-state index in [0.29, 0.717) is 25.0 Å². The highest BCUT2D eigenvalue weighted by Crippen LogP contribution is 2.55. The molecule has 0 bridgehead atoms. The van der Waals surface area contributed by atoms with Gasteiger partial charge in [-0.3, -0.25) is 16.7 Å². The second kappa shape index (κ2) is 46.8. The van der Waals surface area contributed by atoms with Crippen LogP contribution in [-0.2, 0) is 75.5 Å². The average molecular weight is 1730 g/mol. The summed E-state index contributed by atoms with van der Waals surface area (Å²) in [6, 6.07) is 40.6. The molecule has 0 atom stereocenters. The van der Waals surface area contributed by atoms with Crippen molar-refractivity contribution in [3.05, 3.63) is 183 Å². The highest BCUT2D eigenvalue weighted by atomic mass is 32.2. The molecule has 0 radical (unpaired) electrons. The van der Waals surface area contributed by atoms with Crippen LogP contribution in [0.1, 0.15) is 352 Å². The normalized spacial score (nSPS) is 13.3. The largest absolute Gasteiger partial charge is 0.493 e. The van der Waals surface area contributed by atoms with Crippen LogP contribution in [-0.4, -0.2) is 66.7 Å². The Morgan fingerprint density at radius 1 is 0.275 bits per heavy atom. The van der Waals surface area contributed by atoms with E-state index in [-0.39, 0.29) is 73.7 Å². The highest BCUT2D eigenvalue weighted by Gasteiger charge is 2.43. The lowest BCUT2D eigenvalue weighted by atomic mass is 9.70. The van der Waals surface area contributed by atoms with E-state index in [4.69, 9.17) is 21.5 Å². The molecule has 7 aromatic rings. The summed E-state index contributed by atoms with van der Waals surface area (Å²) >= 11 is 0. The minimum Gasteiger partial charge on any atom is -0.493 e. The minimum absolute atomic E-state index is 0.0211. The summed E-state index contributed by atoms with van der Waals surface area (Å²) in [4.78, 5) is -0.294. The maximum atomic E-state index is 14.4. The molecule has 0 amide bonds. The zero-order valence-corrected chi connectivity index (χ0v) is 80.5. The molecule has 17 heteroatoms. The Kier molecular flexibility index (Phi) is 39.4. The van der Waals surface area contributed by atoms with Crippen molar-refractivity contribution in [1.82, 2.24) is 0 Å². The van der Waals surface area contributed by atoms with Crippen LogP contribution in [0.5, 0.6) is 5.75 Å². The van der Waals surface area contributed by atoms with Crippen molar-refractivity contribution in [3.63, 3.8) is 0 Å². The van der Waals surface area contributed by atoms with Gasteiger partial charge in [0.2, 0.25) is 0 Å². The Morgan fingerprint density at radius 2 is 0.542 bits per heavy atom. The number of hydrogen-bond donors (Lipinski definition) is 0. The first-order chi connectivity index (χ1) is 56.5. The van der Waals surface area contributed by atoms with Gasteiger partial charge in [-0.1, -0.05) is 380 Å². The van der Waals surface area contributed by atoms with Gasteiger partial charge in [0.05, 0.1) is 33.0 Å². The van der Waals surface area contributed by atoms with Crippen LogP contribution in [0.25, 0.3) is 33.4 Å². The van der Waals surface area contributed by atoms with Crippen molar-refractivity contribution >= 4 is 40.5 Å². The fourth-order valence-electron chi connectivity index (χ4n) is 15.7. The van der Waals surface area contributed by atoms with E-state index in [1.54, 1.807) is 61.5 Å². The van der Waals surface area contributed by atoms with Crippen molar-refractivity contribution in [3.8, 4) is 39.1 Å². The van der Waals surface area contributed by atoms with Gasteiger partial charge in [-0.15, -0.1) is 0 Å². The topological polar surface area (TPSA) is 183 Å². The van der Waals surface area contributed by atoms with Gasteiger partial charge in [-0.05, 0) is 167 Å². The van der Waals surface area contributed by atoms with Crippen molar-refractivity contribution in [1.29, 1.82) is 0 Å². The molecule has 0 N–H and O–H groups in total. The summed E-state index contributed by atoms with van der Waals surface area (Å²) in [6.45, 7) is 38.0. The number of fused-ring (bicyclic) bond motifs is 3. The van der Waals surface area contributed by atoms with Gasteiger partial charge in [-0.2, -0.15) is 33.7 Å². The summed E-state index contributed by atoms with van der Waals surface area (Å²) in [6.07, 6.45) is 39.1. The van der Waals surface area contributed by atoms with Crippen LogP contribution in [0, 0.1) is 49.4 Å². The predicted octanol–water partition coefficient (Wildman–Crippen LogP) is 28.5. The smallest absolute Gasteiger partial charge is 0.297 e. The van der Waals surface area contributed by atoms with Gasteiger partial charge in [0.25, 0.3) is 40.5 Å². The highest BCUT2D eigenvalue weighted by molar-refractivity contribution is 7.88. The minimum atomic E-state index is -4.35. The molecule has 0 unspecified atom stereocenters. The molecule has 0 spiro atoms. The second-order valence-corrected chi connectivity index (χ2v) is 45.8. The molecular formula is C103H152O13S4. The molecule has 0 saturated heterocycles. The zero-order chi connectivity index (χ0) is 88.2. The standard InChI is InChI=1S/C62H92O6S2.C41H60O7S2/c1-11-13-15-17-19-21-23-25-27-29-39-62(40-30-28-26-24-22-20-18-16-14-12-2)56-41-48(3)31-35-52(56)53-37-33-50(44-57(53)62)43-51-34-38-55(59(45-51)70(65,66)68-47-61(8,9)10)54-36-32-49(4)42-58(54)69(63,64)67-46-60(5,6)7;1-10-11-12-13-14-15-16-17-24-46-37-25-31(2)18-21-34(37)27-33-20-23-36(39(28-33)50(44,45)48-30-41(7,8)9)35-22-19-32(3)26-38(35)49(42,43)47-29-40(4,5)6/h31-38,41-42,44-45H,11-30,39-40,43,46-47H2,1-10H3;18-23,25-26,28H,10-17,24,27,29-30H2,1-9H3. The third-order valence-electron chi connectivity index (χ3n) is 22.4. The molecule has 120 heavy (non-hydrogen) atoms. The number of ether oxygens (including phenoxy) is 1. The number of benzene rings is 7. The maximum absolute atomic E-state index is 14.4. The van der Waals surface area contributed by atoms with E-state index in [0.717, 1.165) is 64.8 Å². The van der Waals surface area contributed by atoms with Crippen molar-refractivity contribution in [2.75, 3.05) is 33.0 Å². The number of unbranched alkanes of at least 4 members (excludes halogenated alkanes) is 25. The predicted molar refractivity (Wildman–Crippen MR) is 499 cm³/mol. The molecule has 8 rings (SSSR count). The van der Waals surface area contributed by atoms with E-state index < -0.39 is 62.1 Å². The number of rotatable bonds is 50. The SMILES string of the molecule is CCCCCCCCCCCCC1(CCCCCCCCCCCC)c2cc(C)ccc2-c2ccc(Cc3ccc(-c4ccc(C)cc4S(=O)(=O)OCC(C)(C)C)c(S(=O)(=O)OCC(C)(C)C)c3)cc21.CCCCCCCCCCOc1cc(C)ccc1Cc1ccc(-c2ccc(C)cc2S(=O)(=O)OCC(C)(C)C)c(S(=O)(=O)OCC(C)(C)C)c1. The molecule has 0 fully saturated rings. The summed E-state index contributed by atoms with van der Waals surface area (Å²) in [5.41, 5.74) is 12.2. The van der Waals surface area contributed by atoms with E-state index in [1.165, 1.54) is 201 Å². The third kappa shape index (κ3) is 32.5. The van der Waals surface area contributed by atoms with E-state index in [1.807, 2.05) is 127 Å². The average Bonchev–Trinajstić information content (AvgIpc) is 1.56. The van der Waals surface area contributed by atoms with Crippen LogP contribution >= 0.6 is 0 Å². The van der Waals surface area contributed by atoms with Crippen molar-refractivity contribution < 1.29 is 55.1 Å². The Hall–Kier alpha value is -6.02. The van der Waals surface area contributed by atoms with Gasteiger partial charge >= 0.3 is 0 Å². The molecular weight excluding hydrogens is 1570 g/mol. The molecule has 1 aliphatic rings. The van der Waals surface area contributed by atoms with Crippen molar-refractivity contribution in [2.45, 2.75) is 362 Å². The fourth-order valence-corrected chi connectivity index (χ4v) is 21.3. The molecule has 1 aliphatic carbocycles. The molecule has 0 saturated carbocycles. The lowest BCUT2D eigenvalue weighted by Crippen LogP contribution is -2.26. The zero-order valence-electron chi connectivity index (χ0n) is 77.2. The third-order valence-corrected chi connectivity index (χ3v) is 27.6. The molecule has 13 nitrogen and oxygen atoms in total. The quantitative estimate of drug-likeness (QED) is 0.0260. The first-order valence-electron chi connectivity index (χ1n) is 45.5. The molecule has 0 heterocycles. The lowest BCUT2D eigenvalue weighted by molar-refractivity contribution is 0.203. The second-order valence-electron chi connectivity index (χ2n) is 39.4. The van der Waals surface area contributed by atoms with Crippen LogP contribution in [0.3, 0.4) is 0 Å². The lowest BCUT2D eigenvalue weighted by Gasteiger charge is -2.33. The van der Waals surface area contributed by atoms with E-state index >= 15 is 0 Å². The number of aryl methyl sites for hydroxylation is 4. The monoisotopic (exact) mass is 1730 g/mol. The van der Waals surface area contributed by atoms with E-state index in [9.17, 15) is 33.7 Å². The van der Waals surface area contributed by atoms with Crippen LogP contribution in [0.2, 0.25) is 0 Å². The summed E-state index contributed by atoms with van der Waals surface area (Å²) in [5.74, 6) is 0.785. The summed E-state index contributed by atoms with van der Waals surface area (Å²) in [5, 5.41) is 0. The summed E-state index contributed by atoms with van der Waals surface area (Å²) < 4.78 is 141. The van der Waals surface area contributed by atoms with Crippen LogP contribution in [0.4, 0.5) is 0 Å². The fraction of sp³-hybridized carbons (Fsp3) is 0.592. The van der Waals surface area contributed by atoms with Gasteiger partial charge < -0.3 is 4.74 Å².